The van der Waals surface area contributed by atoms with E-state index in [2.05, 4.69) is 21.2 Å². The predicted molar refractivity (Wildman–Crippen MR) is 140 cm³/mol. The monoisotopic (exact) mass is 656 g/mol. The van der Waals surface area contributed by atoms with Gasteiger partial charge in [-0.2, -0.15) is 0 Å². The molecule has 3 rings (SSSR count). The summed E-state index contributed by atoms with van der Waals surface area (Å²) in [5, 5.41) is 2.21. The first-order valence-corrected chi connectivity index (χ1v) is 12.5. The molecule has 2 aromatic carbocycles. The molecule has 9 nitrogen and oxygen atoms in total. The number of nitrogens with zero attached hydrogens (tertiary/aromatic N) is 1. The topological polar surface area (TPSA) is 111 Å². The Morgan fingerprint density at radius 2 is 1.86 bits per heavy atom. The number of rotatable bonds is 8. The van der Waals surface area contributed by atoms with Crippen molar-refractivity contribution in [3.63, 3.8) is 0 Å². The second kappa shape index (κ2) is 11.7. The number of carbonyl (C=O) groups excluding carboxylic acids is 4. The van der Waals surface area contributed by atoms with Crippen LogP contribution in [0.4, 0.5) is 10.5 Å². The number of urea groups is 1. The summed E-state index contributed by atoms with van der Waals surface area (Å²) in [6.07, 6.45) is 1.38. The fraction of sp³-hybridized carbons (Fsp3) is 0.250. The van der Waals surface area contributed by atoms with Crippen molar-refractivity contribution in [1.82, 2.24) is 5.32 Å². The first-order valence-electron chi connectivity index (χ1n) is 10.6. The number of carbonyl (C=O) groups is 4. The molecule has 0 aliphatic carbocycles. The maximum atomic E-state index is 13.2. The highest BCUT2D eigenvalue weighted by Gasteiger charge is 2.37. The van der Waals surface area contributed by atoms with Crippen LogP contribution in [0.1, 0.15) is 25.0 Å². The molecule has 0 aromatic heterocycles. The molecule has 1 aliphatic heterocycles. The van der Waals surface area contributed by atoms with E-state index in [9.17, 15) is 19.2 Å². The molecule has 35 heavy (non-hydrogen) atoms. The third-order valence-corrected chi connectivity index (χ3v) is 6.47. The number of esters is 1. The zero-order valence-electron chi connectivity index (χ0n) is 19.1. The summed E-state index contributed by atoms with van der Waals surface area (Å²) < 4.78 is 17.6. The molecule has 0 atom stereocenters. The van der Waals surface area contributed by atoms with Crippen LogP contribution in [0.15, 0.2) is 40.4 Å². The first kappa shape index (κ1) is 26.7. The highest BCUT2D eigenvalue weighted by atomic mass is 127. The molecule has 1 heterocycles. The lowest BCUT2D eigenvalue weighted by atomic mass is 10.1. The molecular formula is C24H22BrIN2O7. The average Bonchev–Trinajstić information content (AvgIpc) is 2.78. The van der Waals surface area contributed by atoms with Gasteiger partial charge < -0.3 is 14.2 Å². The molecule has 1 N–H and O–H groups in total. The molecule has 184 valence electrons. The second-order valence-electron chi connectivity index (χ2n) is 7.25. The number of nitrogens with one attached hydrogen (secondary N) is 1. The van der Waals surface area contributed by atoms with Crippen LogP contribution in [0.3, 0.4) is 0 Å². The Kier molecular flexibility index (Phi) is 8.89. The molecular weight excluding hydrogens is 635 g/mol. The van der Waals surface area contributed by atoms with Crippen LogP contribution in [0, 0.1) is 10.5 Å². The molecule has 0 unspecified atom stereocenters. The van der Waals surface area contributed by atoms with E-state index < -0.39 is 23.8 Å². The molecule has 2 aromatic rings. The van der Waals surface area contributed by atoms with Crippen LogP contribution in [0.25, 0.3) is 6.08 Å². The van der Waals surface area contributed by atoms with Gasteiger partial charge in [0, 0.05) is 4.47 Å². The Balaban J connectivity index is 1.97. The van der Waals surface area contributed by atoms with Crippen LogP contribution in [-0.4, -0.2) is 43.6 Å². The van der Waals surface area contributed by atoms with Crippen molar-refractivity contribution in [3.05, 3.63) is 55.1 Å². The van der Waals surface area contributed by atoms with Gasteiger partial charge in [-0.15, -0.1) is 0 Å². The Labute approximate surface area is 224 Å². The number of amides is 4. The lowest BCUT2D eigenvalue weighted by Crippen LogP contribution is -2.54. The van der Waals surface area contributed by atoms with E-state index in [-0.39, 0.29) is 18.8 Å². The summed E-state index contributed by atoms with van der Waals surface area (Å²) >= 11 is 5.40. The standard InChI is InChI=1S/C24H22BrIN2O7/c1-4-33-19-11-14(10-18(26)21(19)35-12-20(29)34-5-2)9-16-22(30)27-24(32)28(23(16)31)15-6-7-17(25)13(3)8-15/h6-11H,4-5,12H2,1-3H3,(H,27,30,32)/b16-9+. The number of ether oxygens (including phenoxy) is 3. The van der Waals surface area contributed by atoms with E-state index in [4.69, 9.17) is 14.2 Å². The first-order chi connectivity index (χ1) is 16.7. The minimum absolute atomic E-state index is 0.219. The minimum Gasteiger partial charge on any atom is -0.490 e. The fourth-order valence-corrected chi connectivity index (χ4v) is 4.26. The lowest BCUT2D eigenvalue weighted by Gasteiger charge is -2.26. The van der Waals surface area contributed by atoms with Crippen molar-refractivity contribution < 1.29 is 33.4 Å². The second-order valence-corrected chi connectivity index (χ2v) is 9.26. The van der Waals surface area contributed by atoms with Crippen LogP contribution in [-0.2, 0) is 19.1 Å². The Bertz CT molecular complexity index is 1230. The maximum Gasteiger partial charge on any atom is 0.344 e. The van der Waals surface area contributed by atoms with Crippen molar-refractivity contribution in [1.29, 1.82) is 0 Å². The van der Waals surface area contributed by atoms with Gasteiger partial charge in [0.2, 0.25) is 0 Å². The largest absolute Gasteiger partial charge is 0.490 e. The van der Waals surface area contributed by atoms with Crippen LogP contribution in [0.5, 0.6) is 11.5 Å². The lowest BCUT2D eigenvalue weighted by molar-refractivity contribution is -0.145. The number of halogens is 2. The van der Waals surface area contributed by atoms with Gasteiger partial charge in [-0.1, -0.05) is 15.9 Å². The van der Waals surface area contributed by atoms with E-state index >= 15 is 0 Å². The van der Waals surface area contributed by atoms with E-state index in [1.165, 1.54) is 6.08 Å². The summed E-state index contributed by atoms with van der Waals surface area (Å²) in [5.41, 5.74) is 1.41. The highest BCUT2D eigenvalue weighted by molar-refractivity contribution is 14.1. The zero-order valence-corrected chi connectivity index (χ0v) is 22.9. The highest BCUT2D eigenvalue weighted by Crippen LogP contribution is 2.35. The third-order valence-electron chi connectivity index (χ3n) is 4.78. The van der Waals surface area contributed by atoms with Gasteiger partial charge >= 0.3 is 12.0 Å². The van der Waals surface area contributed by atoms with E-state index in [0.29, 0.717) is 32.9 Å². The van der Waals surface area contributed by atoms with Gasteiger partial charge in [0.05, 0.1) is 22.5 Å². The van der Waals surface area contributed by atoms with Crippen molar-refractivity contribution in [2.45, 2.75) is 20.8 Å². The Morgan fingerprint density at radius 1 is 1.11 bits per heavy atom. The van der Waals surface area contributed by atoms with Crippen LogP contribution >= 0.6 is 38.5 Å². The van der Waals surface area contributed by atoms with E-state index in [1.54, 1.807) is 44.2 Å². The Hall–Kier alpha value is -2.93. The van der Waals surface area contributed by atoms with Crippen LogP contribution < -0.4 is 19.7 Å². The van der Waals surface area contributed by atoms with Gasteiger partial charge in [-0.25, -0.2) is 14.5 Å². The zero-order chi connectivity index (χ0) is 25.7. The number of imide groups is 2. The number of barbiturate groups is 1. The molecule has 0 saturated carbocycles. The molecule has 0 spiro atoms. The number of hydrogen-bond acceptors (Lipinski definition) is 7. The van der Waals surface area contributed by atoms with Gasteiger partial charge in [0.15, 0.2) is 18.1 Å². The van der Waals surface area contributed by atoms with E-state index in [1.807, 2.05) is 29.5 Å². The quantitative estimate of drug-likeness (QED) is 0.194. The predicted octanol–water partition coefficient (Wildman–Crippen LogP) is 4.37. The minimum atomic E-state index is -0.828. The normalized spacial score (nSPS) is 14.7. The molecule has 1 fully saturated rings. The fourth-order valence-electron chi connectivity index (χ4n) is 3.23. The van der Waals surface area contributed by atoms with Gasteiger partial charge in [0.25, 0.3) is 11.8 Å². The molecule has 4 amide bonds. The van der Waals surface area contributed by atoms with Crippen molar-refractivity contribution in [2.24, 2.45) is 0 Å². The molecule has 0 bridgehead atoms. The summed E-state index contributed by atoms with van der Waals surface area (Å²) in [6, 6.07) is 7.42. The van der Waals surface area contributed by atoms with Gasteiger partial charge in [-0.3, -0.25) is 14.9 Å². The summed E-state index contributed by atoms with van der Waals surface area (Å²) in [4.78, 5) is 50.8. The smallest absolute Gasteiger partial charge is 0.344 e. The summed E-state index contributed by atoms with van der Waals surface area (Å²) in [6.45, 7) is 5.56. The van der Waals surface area contributed by atoms with Crippen molar-refractivity contribution in [3.8, 4) is 11.5 Å². The summed E-state index contributed by atoms with van der Waals surface area (Å²) in [5.74, 6) is -1.41. The van der Waals surface area contributed by atoms with Gasteiger partial charge in [0.1, 0.15) is 5.57 Å². The SMILES string of the molecule is CCOC(=O)COc1c(I)cc(/C=C2\C(=O)NC(=O)N(c3ccc(Br)c(C)c3)C2=O)cc1OCC. The Morgan fingerprint density at radius 3 is 2.51 bits per heavy atom. The van der Waals surface area contributed by atoms with Crippen molar-refractivity contribution in [2.75, 3.05) is 24.7 Å². The van der Waals surface area contributed by atoms with E-state index in [0.717, 1.165) is 14.9 Å². The molecule has 0 radical (unpaired) electrons. The summed E-state index contributed by atoms with van der Waals surface area (Å²) in [7, 11) is 0. The third kappa shape index (κ3) is 6.20. The number of aryl methyl sites for hydroxylation is 1. The van der Waals surface area contributed by atoms with Crippen molar-refractivity contribution >= 4 is 74.1 Å². The van der Waals surface area contributed by atoms with Gasteiger partial charge in [-0.05, 0) is 90.9 Å². The maximum absolute atomic E-state index is 13.2. The van der Waals surface area contributed by atoms with Crippen LogP contribution in [0.2, 0.25) is 0 Å². The number of benzene rings is 2. The molecule has 11 heteroatoms. The number of hydrogen-bond donors (Lipinski definition) is 1. The molecule has 1 saturated heterocycles. The average molecular weight is 657 g/mol. The molecule has 1 aliphatic rings. The number of anilines is 1.